The van der Waals surface area contributed by atoms with E-state index in [4.69, 9.17) is 22.9 Å². The first-order valence-corrected chi connectivity index (χ1v) is 11.0. The fourth-order valence-corrected chi connectivity index (χ4v) is 2.96. The van der Waals surface area contributed by atoms with Crippen LogP contribution in [-0.4, -0.2) is 87.5 Å². The molecule has 0 aromatic rings. The van der Waals surface area contributed by atoms with Gasteiger partial charge in [0.1, 0.15) is 18.1 Å². The van der Waals surface area contributed by atoms with Gasteiger partial charge >= 0.3 is 0 Å². The Morgan fingerprint density at radius 3 is 1.82 bits per heavy atom. The lowest BCUT2D eigenvalue weighted by Gasteiger charge is -2.33. The molecule has 0 saturated heterocycles. The number of amides is 4. The van der Waals surface area contributed by atoms with Crippen molar-refractivity contribution in [2.75, 3.05) is 6.54 Å². The topological polar surface area (TPSA) is 261 Å². The van der Waals surface area contributed by atoms with Crippen LogP contribution >= 0.6 is 12.6 Å². The zero-order chi connectivity index (χ0) is 26.8. The maximum atomic E-state index is 12.9. The molecule has 14 nitrogen and oxygen atoms in total. The molecule has 0 unspecified atom stereocenters. The third kappa shape index (κ3) is 11.0. The maximum absolute atomic E-state index is 12.9. The summed E-state index contributed by atoms with van der Waals surface area (Å²) >= 11 is 4.32. The Kier molecular flexibility index (Phi) is 12.9. The van der Waals surface area contributed by atoms with Gasteiger partial charge in [-0.25, -0.2) is 0 Å². The van der Waals surface area contributed by atoms with Crippen LogP contribution < -0.4 is 38.9 Å². The fraction of sp³-hybridized carbons (Fsp3) is 0.737. The minimum Gasteiger partial charge on any atom is -0.391 e. The van der Waals surface area contributed by atoms with Crippen molar-refractivity contribution >= 4 is 42.2 Å². The Morgan fingerprint density at radius 2 is 1.41 bits per heavy atom. The van der Waals surface area contributed by atoms with E-state index < -0.39 is 64.8 Å². The molecule has 13 N–H and O–H groups in total. The van der Waals surface area contributed by atoms with Crippen LogP contribution in [0.1, 0.15) is 40.5 Å². The Balaban J connectivity index is 5.39. The van der Waals surface area contributed by atoms with E-state index in [0.29, 0.717) is 6.42 Å². The summed E-state index contributed by atoms with van der Waals surface area (Å²) < 4.78 is -1.16. The number of hydrogen-bond donors (Lipinski definition) is 10. The summed E-state index contributed by atoms with van der Waals surface area (Å²) in [6.45, 7) is 5.83. The maximum Gasteiger partial charge on any atom is 0.245 e. The van der Waals surface area contributed by atoms with Gasteiger partial charge in [0.15, 0.2) is 5.96 Å². The summed E-state index contributed by atoms with van der Waals surface area (Å²) in [5.74, 6) is -3.53. The minimum atomic E-state index is -1.45. The molecule has 0 aromatic heterocycles. The van der Waals surface area contributed by atoms with Crippen molar-refractivity contribution in [1.29, 1.82) is 0 Å². The van der Waals surface area contributed by atoms with Crippen molar-refractivity contribution in [1.82, 2.24) is 16.0 Å². The predicted octanol–water partition coefficient (Wildman–Crippen LogP) is -4.22. The van der Waals surface area contributed by atoms with Crippen molar-refractivity contribution in [3.8, 4) is 0 Å². The number of hydrogen-bond acceptors (Lipinski definition) is 9. The number of guanidine groups is 1. The van der Waals surface area contributed by atoms with Gasteiger partial charge in [-0.1, -0.05) is 0 Å². The Morgan fingerprint density at radius 1 is 0.912 bits per heavy atom. The van der Waals surface area contributed by atoms with E-state index in [-0.39, 0.29) is 18.9 Å². The van der Waals surface area contributed by atoms with Gasteiger partial charge in [-0.2, -0.15) is 12.6 Å². The number of rotatable bonds is 14. The Bertz CT molecular complexity index is 752. The molecule has 0 radical (unpaired) electrons. The Labute approximate surface area is 204 Å². The average molecular weight is 507 g/mol. The minimum absolute atomic E-state index is 0.0924. The van der Waals surface area contributed by atoms with Gasteiger partial charge in [-0.05, 0) is 40.5 Å². The van der Waals surface area contributed by atoms with Gasteiger partial charge in [-0.15, -0.1) is 0 Å². The van der Waals surface area contributed by atoms with Gasteiger partial charge in [0.05, 0.1) is 18.2 Å². The molecule has 0 aromatic carbocycles. The number of nitrogens with two attached hydrogens (primary N) is 4. The second-order valence-electron chi connectivity index (χ2n) is 8.51. The van der Waals surface area contributed by atoms with Crippen LogP contribution in [0.15, 0.2) is 4.99 Å². The predicted molar refractivity (Wildman–Crippen MR) is 129 cm³/mol. The first-order chi connectivity index (χ1) is 15.5. The average Bonchev–Trinajstić information content (AvgIpc) is 2.68. The first-order valence-electron chi connectivity index (χ1n) is 10.6. The van der Waals surface area contributed by atoms with E-state index in [1.54, 1.807) is 0 Å². The van der Waals surface area contributed by atoms with Crippen LogP contribution in [0.25, 0.3) is 0 Å². The first kappa shape index (κ1) is 31.4. The fourth-order valence-electron chi connectivity index (χ4n) is 2.78. The molecule has 4 amide bonds. The van der Waals surface area contributed by atoms with Crippen LogP contribution in [0, 0.1) is 0 Å². The van der Waals surface area contributed by atoms with Crippen LogP contribution in [0.4, 0.5) is 0 Å². The largest absolute Gasteiger partial charge is 0.391 e. The summed E-state index contributed by atoms with van der Waals surface area (Å²) in [4.78, 5) is 53.3. The summed E-state index contributed by atoms with van der Waals surface area (Å²) in [6.07, 6.45) is -2.03. The third-order valence-electron chi connectivity index (χ3n) is 4.71. The van der Waals surface area contributed by atoms with Gasteiger partial charge in [0, 0.05) is 11.3 Å². The van der Waals surface area contributed by atoms with Crippen molar-refractivity contribution in [3.05, 3.63) is 0 Å². The summed E-state index contributed by atoms with van der Waals surface area (Å²) in [7, 11) is 0. The quantitative estimate of drug-likeness (QED) is 0.0473. The molecule has 0 aliphatic heterocycles. The number of aliphatic imine (C=N–C) groups is 1. The Hall–Kier alpha value is -2.62. The second-order valence-corrected chi connectivity index (χ2v) is 9.66. The second kappa shape index (κ2) is 13.9. The molecule has 196 valence electrons. The van der Waals surface area contributed by atoms with Crippen molar-refractivity contribution < 1.29 is 29.4 Å². The highest BCUT2D eigenvalue weighted by molar-refractivity contribution is 7.81. The number of aliphatic hydroxyl groups is 2. The van der Waals surface area contributed by atoms with Crippen LogP contribution in [0.3, 0.4) is 0 Å². The monoisotopic (exact) mass is 506 g/mol. The number of primary amides is 1. The van der Waals surface area contributed by atoms with Crippen molar-refractivity contribution in [2.24, 2.45) is 27.9 Å². The van der Waals surface area contributed by atoms with Crippen LogP contribution in [-0.2, 0) is 19.2 Å². The standard InChI is InChI=1S/C19H38N8O6S/c1-8(28)11(14(21)30)25-17(33)13(19(3,4)34)27-16(32)12(9(2)29)26-15(31)10(20)6-5-7-24-18(22)23/h8-13,28-29,34H,5-7,20H2,1-4H3,(H2,21,30)(H,25,33)(H,26,31)(H,27,32)(H4,22,23,24)/t8-,9-,10+,11+,12+,13-/m1/s1. The lowest BCUT2D eigenvalue weighted by molar-refractivity contribution is -0.136. The molecule has 0 fully saturated rings. The molecule has 0 aliphatic carbocycles. The number of nitrogens with zero attached hydrogens (tertiary/aromatic N) is 1. The molecule has 34 heavy (non-hydrogen) atoms. The normalized spacial score (nSPS) is 16.7. The zero-order valence-electron chi connectivity index (χ0n) is 19.8. The number of carbonyl (C=O) groups excluding carboxylic acids is 4. The molecule has 0 saturated carbocycles. The van der Waals surface area contributed by atoms with E-state index >= 15 is 0 Å². The van der Waals surface area contributed by atoms with Gasteiger partial charge in [0.25, 0.3) is 0 Å². The third-order valence-corrected chi connectivity index (χ3v) is 4.97. The molecule has 0 spiro atoms. The SMILES string of the molecule is C[C@@H](O)[C@H](NC(=O)[C@@H](NC(=O)[C@@H](NC(=O)[C@@H](N)CCCN=C(N)N)[C@@H](C)O)C(C)(C)S)C(N)=O. The smallest absolute Gasteiger partial charge is 0.245 e. The highest BCUT2D eigenvalue weighted by Gasteiger charge is 2.38. The molecule has 0 aliphatic rings. The number of aliphatic hydroxyl groups excluding tert-OH is 2. The van der Waals surface area contributed by atoms with E-state index in [1.165, 1.54) is 27.7 Å². The number of nitrogens with one attached hydrogen (secondary N) is 3. The molecule has 0 heterocycles. The molecule has 0 rings (SSSR count). The molecule has 0 bridgehead atoms. The van der Waals surface area contributed by atoms with E-state index in [0.717, 1.165) is 0 Å². The zero-order valence-corrected chi connectivity index (χ0v) is 20.7. The molecular formula is C19H38N8O6S. The lowest BCUT2D eigenvalue weighted by atomic mass is 9.99. The van der Waals surface area contributed by atoms with E-state index in [2.05, 4.69) is 33.6 Å². The van der Waals surface area contributed by atoms with Gasteiger partial charge in [-0.3, -0.25) is 24.2 Å². The van der Waals surface area contributed by atoms with Crippen molar-refractivity contribution in [3.63, 3.8) is 0 Å². The molecule has 6 atom stereocenters. The summed E-state index contributed by atoms with van der Waals surface area (Å²) in [5, 5.41) is 26.8. The lowest BCUT2D eigenvalue weighted by Crippen LogP contribution is -2.64. The number of carbonyl (C=O) groups is 4. The van der Waals surface area contributed by atoms with Gasteiger partial charge in [0.2, 0.25) is 23.6 Å². The molecular weight excluding hydrogens is 468 g/mol. The van der Waals surface area contributed by atoms with Crippen LogP contribution in [0.5, 0.6) is 0 Å². The van der Waals surface area contributed by atoms with Crippen molar-refractivity contribution in [2.45, 2.75) is 81.7 Å². The number of thiol groups is 1. The van der Waals surface area contributed by atoms with Crippen LogP contribution in [0.2, 0.25) is 0 Å². The summed E-state index contributed by atoms with van der Waals surface area (Å²) in [5.41, 5.74) is 21.5. The van der Waals surface area contributed by atoms with Gasteiger partial charge < -0.3 is 49.1 Å². The highest BCUT2D eigenvalue weighted by Crippen LogP contribution is 2.18. The van der Waals surface area contributed by atoms with E-state index in [9.17, 15) is 29.4 Å². The highest BCUT2D eigenvalue weighted by atomic mass is 32.1. The van der Waals surface area contributed by atoms with E-state index in [1.807, 2.05) is 0 Å². The summed E-state index contributed by atoms with van der Waals surface area (Å²) in [6, 6.07) is -5.21. The molecule has 15 heteroatoms.